The molecular formula is C12H23N3O. The standard InChI is InChI=1S/C12H23N3O/c1-4-15-7-6-14-11(15)9-13-10-12(2,3)5-8-16/h6-7,13,16H,4-5,8-10H2,1-3H3. The van der Waals surface area contributed by atoms with Crippen molar-refractivity contribution in [2.24, 2.45) is 5.41 Å². The van der Waals surface area contributed by atoms with Crippen LogP contribution in [0.25, 0.3) is 0 Å². The first kappa shape index (κ1) is 13.2. The molecule has 0 spiro atoms. The predicted molar refractivity (Wildman–Crippen MR) is 65.1 cm³/mol. The number of nitrogens with one attached hydrogen (secondary N) is 1. The Labute approximate surface area is 97.7 Å². The van der Waals surface area contributed by atoms with Gasteiger partial charge in [0.1, 0.15) is 5.82 Å². The monoisotopic (exact) mass is 225 g/mol. The average molecular weight is 225 g/mol. The van der Waals surface area contributed by atoms with Crippen LogP contribution >= 0.6 is 0 Å². The van der Waals surface area contributed by atoms with Crippen molar-refractivity contribution in [3.05, 3.63) is 18.2 Å². The smallest absolute Gasteiger partial charge is 0.122 e. The van der Waals surface area contributed by atoms with Gasteiger partial charge in [-0.25, -0.2) is 4.98 Å². The van der Waals surface area contributed by atoms with E-state index in [4.69, 9.17) is 5.11 Å². The van der Waals surface area contributed by atoms with E-state index >= 15 is 0 Å². The van der Waals surface area contributed by atoms with E-state index in [-0.39, 0.29) is 12.0 Å². The second-order valence-corrected chi connectivity index (χ2v) is 4.87. The molecule has 1 rings (SSSR count). The molecule has 0 aliphatic heterocycles. The fraction of sp³-hybridized carbons (Fsp3) is 0.750. The maximum Gasteiger partial charge on any atom is 0.122 e. The van der Waals surface area contributed by atoms with Crippen molar-refractivity contribution in [1.29, 1.82) is 0 Å². The Hall–Kier alpha value is -0.870. The van der Waals surface area contributed by atoms with E-state index in [2.05, 4.69) is 35.6 Å². The Kier molecular flexibility index (Phi) is 4.96. The first-order valence-corrected chi connectivity index (χ1v) is 5.90. The molecule has 0 amide bonds. The van der Waals surface area contributed by atoms with E-state index < -0.39 is 0 Å². The molecule has 0 unspecified atom stereocenters. The third-order valence-corrected chi connectivity index (χ3v) is 2.82. The number of imidazole rings is 1. The normalized spacial score (nSPS) is 12.0. The summed E-state index contributed by atoms with van der Waals surface area (Å²) < 4.78 is 2.13. The van der Waals surface area contributed by atoms with Crippen LogP contribution in [0.1, 0.15) is 33.0 Å². The van der Waals surface area contributed by atoms with Gasteiger partial charge in [0.05, 0.1) is 6.54 Å². The van der Waals surface area contributed by atoms with Gasteiger partial charge in [-0.2, -0.15) is 0 Å². The molecule has 0 saturated carbocycles. The summed E-state index contributed by atoms with van der Waals surface area (Å²) in [7, 11) is 0. The zero-order valence-corrected chi connectivity index (χ0v) is 10.5. The fourth-order valence-electron chi connectivity index (χ4n) is 1.70. The van der Waals surface area contributed by atoms with Crippen LogP contribution < -0.4 is 5.32 Å². The van der Waals surface area contributed by atoms with Crippen molar-refractivity contribution in [3.63, 3.8) is 0 Å². The highest BCUT2D eigenvalue weighted by atomic mass is 16.3. The van der Waals surface area contributed by atoms with Gasteiger partial charge in [0.25, 0.3) is 0 Å². The molecule has 0 radical (unpaired) electrons. The zero-order valence-electron chi connectivity index (χ0n) is 10.5. The van der Waals surface area contributed by atoms with Crippen LogP contribution in [0, 0.1) is 5.41 Å². The molecule has 16 heavy (non-hydrogen) atoms. The maximum atomic E-state index is 8.92. The minimum absolute atomic E-state index is 0.137. The van der Waals surface area contributed by atoms with Crippen LogP contribution in [0.15, 0.2) is 12.4 Å². The van der Waals surface area contributed by atoms with E-state index in [0.29, 0.717) is 0 Å². The summed E-state index contributed by atoms with van der Waals surface area (Å²) >= 11 is 0. The van der Waals surface area contributed by atoms with Crippen LogP contribution in [0.4, 0.5) is 0 Å². The highest BCUT2D eigenvalue weighted by Gasteiger charge is 2.16. The molecule has 0 bridgehead atoms. The van der Waals surface area contributed by atoms with E-state index in [1.54, 1.807) is 0 Å². The molecule has 0 aliphatic rings. The topological polar surface area (TPSA) is 50.1 Å². The Morgan fingerprint density at radius 2 is 2.25 bits per heavy atom. The van der Waals surface area contributed by atoms with Crippen LogP contribution in [0.2, 0.25) is 0 Å². The van der Waals surface area contributed by atoms with Crippen molar-refractivity contribution in [3.8, 4) is 0 Å². The predicted octanol–water partition coefficient (Wildman–Crippen LogP) is 1.40. The second-order valence-electron chi connectivity index (χ2n) is 4.87. The van der Waals surface area contributed by atoms with E-state index in [1.165, 1.54) is 0 Å². The number of aromatic nitrogens is 2. The van der Waals surface area contributed by atoms with Crippen molar-refractivity contribution < 1.29 is 5.11 Å². The molecule has 4 heteroatoms. The zero-order chi connectivity index (χ0) is 12.0. The molecule has 0 atom stereocenters. The van der Waals surface area contributed by atoms with Gasteiger partial charge in [-0.05, 0) is 18.8 Å². The van der Waals surface area contributed by atoms with Gasteiger partial charge in [0, 0.05) is 32.1 Å². The number of nitrogens with zero attached hydrogens (tertiary/aromatic N) is 2. The van der Waals surface area contributed by atoms with E-state index in [0.717, 1.165) is 31.9 Å². The molecular weight excluding hydrogens is 202 g/mol. The summed E-state index contributed by atoms with van der Waals surface area (Å²) in [5.41, 5.74) is 0.137. The SMILES string of the molecule is CCn1ccnc1CNCC(C)(C)CCO. The molecule has 0 saturated heterocycles. The summed E-state index contributed by atoms with van der Waals surface area (Å²) in [5, 5.41) is 12.3. The van der Waals surface area contributed by atoms with Crippen molar-refractivity contribution in [2.75, 3.05) is 13.2 Å². The fourth-order valence-corrected chi connectivity index (χ4v) is 1.70. The molecule has 4 nitrogen and oxygen atoms in total. The minimum atomic E-state index is 0.137. The van der Waals surface area contributed by atoms with Crippen LogP contribution in [0.3, 0.4) is 0 Å². The largest absolute Gasteiger partial charge is 0.396 e. The number of hydrogen-bond donors (Lipinski definition) is 2. The van der Waals surface area contributed by atoms with Gasteiger partial charge in [0.15, 0.2) is 0 Å². The molecule has 0 aliphatic carbocycles. The van der Waals surface area contributed by atoms with E-state index in [9.17, 15) is 0 Å². The van der Waals surface area contributed by atoms with Crippen molar-refractivity contribution in [2.45, 2.75) is 40.3 Å². The van der Waals surface area contributed by atoms with Crippen LogP contribution in [-0.4, -0.2) is 27.8 Å². The minimum Gasteiger partial charge on any atom is -0.396 e. The molecule has 0 fully saturated rings. The molecule has 0 aromatic carbocycles. The van der Waals surface area contributed by atoms with Gasteiger partial charge < -0.3 is 15.0 Å². The third kappa shape index (κ3) is 3.94. The lowest BCUT2D eigenvalue weighted by Gasteiger charge is -2.23. The number of aliphatic hydroxyl groups is 1. The highest BCUT2D eigenvalue weighted by molar-refractivity contribution is 4.91. The maximum absolute atomic E-state index is 8.92. The molecule has 1 aromatic rings. The molecule has 1 heterocycles. The Morgan fingerprint density at radius 3 is 2.88 bits per heavy atom. The molecule has 2 N–H and O–H groups in total. The first-order chi connectivity index (χ1) is 7.59. The Balaban J connectivity index is 2.35. The van der Waals surface area contributed by atoms with Gasteiger partial charge in [-0.1, -0.05) is 13.8 Å². The van der Waals surface area contributed by atoms with Gasteiger partial charge >= 0.3 is 0 Å². The van der Waals surface area contributed by atoms with Gasteiger partial charge in [0.2, 0.25) is 0 Å². The number of aryl methyl sites for hydroxylation is 1. The summed E-state index contributed by atoms with van der Waals surface area (Å²) in [4.78, 5) is 4.30. The van der Waals surface area contributed by atoms with Crippen LogP contribution in [0.5, 0.6) is 0 Å². The highest BCUT2D eigenvalue weighted by Crippen LogP contribution is 2.18. The summed E-state index contributed by atoms with van der Waals surface area (Å²) in [6, 6.07) is 0. The molecule has 1 aromatic heterocycles. The first-order valence-electron chi connectivity index (χ1n) is 5.90. The van der Waals surface area contributed by atoms with Crippen LogP contribution in [-0.2, 0) is 13.1 Å². The number of aliphatic hydroxyl groups excluding tert-OH is 1. The lowest BCUT2D eigenvalue weighted by Crippen LogP contribution is -2.30. The number of rotatable bonds is 7. The van der Waals surface area contributed by atoms with Gasteiger partial charge in [-0.15, -0.1) is 0 Å². The lowest BCUT2D eigenvalue weighted by atomic mass is 9.90. The summed E-state index contributed by atoms with van der Waals surface area (Å²) in [5.74, 6) is 1.07. The average Bonchev–Trinajstić information content (AvgIpc) is 2.64. The van der Waals surface area contributed by atoms with Crippen molar-refractivity contribution >= 4 is 0 Å². The quantitative estimate of drug-likeness (QED) is 0.737. The lowest BCUT2D eigenvalue weighted by molar-refractivity contribution is 0.206. The van der Waals surface area contributed by atoms with Crippen molar-refractivity contribution in [1.82, 2.24) is 14.9 Å². The molecule has 92 valence electrons. The second kappa shape index (κ2) is 6.01. The summed E-state index contributed by atoms with van der Waals surface area (Å²) in [6.45, 7) is 9.31. The number of hydrogen-bond acceptors (Lipinski definition) is 3. The van der Waals surface area contributed by atoms with Gasteiger partial charge in [-0.3, -0.25) is 0 Å². The Morgan fingerprint density at radius 1 is 1.50 bits per heavy atom. The Bertz CT molecular complexity index is 307. The summed E-state index contributed by atoms with van der Waals surface area (Å²) in [6.07, 6.45) is 4.65. The van der Waals surface area contributed by atoms with E-state index in [1.807, 2.05) is 12.4 Å². The third-order valence-electron chi connectivity index (χ3n) is 2.82.